The second-order valence-corrected chi connectivity index (χ2v) is 14.7. The molecule has 0 saturated heterocycles. The van der Waals surface area contributed by atoms with E-state index in [-0.39, 0.29) is 11.8 Å². The van der Waals surface area contributed by atoms with Gasteiger partial charge in [0.2, 0.25) is 0 Å². The number of pyridine rings is 1. The molecule has 0 spiro atoms. The van der Waals surface area contributed by atoms with Crippen molar-refractivity contribution in [2.45, 2.75) is 46.5 Å². The van der Waals surface area contributed by atoms with E-state index in [1.165, 1.54) is 39.1 Å². The molecular formula is C49H41N3O. The van der Waals surface area contributed by atoms with Crippen LogP contribution < -0.4 is 0 Å². The average Bonchev–Trinajstić information content (AvgIpc) is 3.77. The second-order valence-electron chi connectivity index (χ2n) is 14.7. The number of aromatic nitrogens is 3. The number of aryl methyl sites for hydroxylation is 1. The third-order valence-electron chi connectivity index (χ3n) is 10.6. The number of furan rings is 1. The zero-order valence-corrected chi connectivity index (χ0v) is 30.8. The summed E-state index contributed by atoms with van der Waals surface area (Å²) in [5.41, 5.74) is 16.4. The number of imidazole rings is 1. The average molecular weight is 688 g/mol. The first-order chi connectivity index (χ1) is 25.9. The van der Waals surface area contributed by atoms with Crippen LogP contribution in [-0.4, -0.2) is 14.5 Å². The van der Waals surface area contributed by atoms with Crippen molar-refractivity contribution in [3.8, 4) is 50.5 Å². The van der Waals surface area contributed by atoms with Crippen LogP contribution in [0.1, 0.15) is 56.4 Å². The van der Waals surface area contributed by atoms with Gasteiger partial charge >= 0.3 is 0 Å². The van der Waals surface area contributed by atoms with Crippen LogP contribution in [-0.2, 0) is 0 Å². The third-order valence-corrected chi connectivity index (χ3v) is 10.6. The summed E-state index contributed by atoms with van der Waals surface area (Å²) >= 11 is 0. The van der Waals surface area contributed by atoms with E-state index in [0.717, 1.165) is 61.2 Å². The van der Waals surface area contributed by atoms with E-state index in [2.05, 4.69) is 173 Å². The van der Waals surface area contributed by atoms with Crippen LogP contribution in [0.2, 0.25) is 0 Å². The van der Waals surface area contributed by atoms with Crippen molar-refractivity contribution < 1.29 is 4.42 Å². The van der Waals surface area contributed by atoms with Gasteiger partial charge < -0.3 is 4.42 Å². The Balaban J connectivity index is 1.25. The quantitative estimate of drug-likeness (QED) is 0.167. The number of para-hydroxylation sites is 1. The summed E-state index contributed by atoms with van der Waals surface area (Å²) in [5.74, 6) is 1.37. The van der Waals surface area contributed by atoms with Gasteiger partial charge in [-0.3, -0.25) is 9.55 Å². The molecule has 4 heteroatoms. The predicted molar refractivity (Wildman–Crippen MR) is 221 cm³/mol. The monoisotopic (exact) mass is 687 g/mol. The van der Waals surface area contributed by atoms with Gasteiger partial charge in [-0.2, -0.15) is 0 Å². The van der Waals surface area contributed by atoms with E-state index in [9.17, 15) is 0 Å². The molecule has 258 valence electrons. The Hall–Kier alpha value is -6.26. The van der Waals surface area contributed by atoms with E-state index in [1.54, 1.807) is 0 Å². The van der Waals surface area contributed by atoms with E-state index < -0.39 is 0 Å². The lowest BCUT2D eigenvalue weighted by Crippen LogP contribution is -2.10. The van der Waals surface area contributed by atoms with Gasteiger partial charge in [0, 0.05) is 17.0 Å². The summed E-state index contributed by atoms with van der Waals surface area (Å²) in [4.78, 5) is 10.2. The molecule has 4 nitrogen and oxygen atoms in total. The summed E-state index contributed by atoms with van der Waals surface area (Å²) in [7, 11) is 0. The molecule has 0 aliphatic heterocycles. The first kappa shape index (κ1) is 32.6. The number of nitrogens with zero attached hydrogens (tertiary/aromatic N) is 3. The van der Waals surface area contributed by atoms with Crippen molar-refractivity contribution >= 4 is 33.0 Å². The molecular weight excluding hydrogens is 647 g/mol. The Kier molecular flexibility index (Phi) is 8.04. The van der Waals surface area contributed by atoms with Crippen molar-refractivity contribution in [3.63, 3.8) is 0 Å². The fourth-order valence-electron chi connectivity index (χ4n) is 7.84. The van der Waals surface area contributed by atoms with Crippen molar-refractivity contribution in [2.75, 3.05) is 0 Å². The molecule has 0 unspecified atom stereocenters. The van der Waals surface area contributed by atoms with Crippen LogP contribution >= 0.6 is 0 Å². The molecule has 0 aliphatic rings. The van der Waals surface area contributed by atoms with Crippen molar-refractivity contribution in [1.29, 1.82) is 0 Å². The number of benzene rings is 6. The first-order valence-electron chi connectivity index (χ1n) is 18.5. The van der Waals surface area contributed by atoms with Gasteiger partial charge in [-0.15, -0.1) is 0 Å². The molecule has 3 heterocycles. The normalized spacial score (nSPS) is 11.8. The maximum atomic E-state index is 6.87. The van der Waals surface area contributed by atoms with E-state index in [4.69, 9.17) is 14.4 Å². The fourth-order valence-corrected chi connectivity index (χ4v) is 7.84. The molecule has 0 N–H and O–H groups in total. The van der Waals surface area contributed by atoms with Gasteiger partial charge in [0.25, 0.3) is 0 Å². The molecule has 9 rings (SSSR count). The highest BCUT2D eigenvalue weighted by atomic mass is 16.3. The number of hydrogen-bond donors (Lipinski definition) is 0. The Morgan fingerprint density at radius 1 is 0.547 bits per heavy atom. The lowest BCUT2D eigenvalue weighted by Gasteiger charge is -2.24. The summed E-state index contributed by atoms with van der Waals surface area (Å²) in [5, 5.41) is 2.16. The molecule has 0 aliphatic carbocycles. The SMILES string of the molecule is Cc1nccc2nc(-c3cccc4c3oc3cc(-c5ccc(-c6ccccc6)cc5)ccc34)n(-c3c(C(C)C)cc(-c4ccccc4)cc3C(C)C)c12. The minimum atomic E-state index is 0.260. The smallest absolute Gasteiger partial charge is 0.149 e. The van der Waals surface area contributed by atoms with E-state index >= 15 is 0 Å². The summed E-state index contributed by atoms with van der Waals surface area (Å²) in [6, 6.07) is 49.7. The van der Waals surface area contributed by atoms with Crippen molar-refractivity contribution in [1.82, 2.24) is 14.5 Å². The van der Waals surface area contributed by atoms with Gasteiger partial charge in [0.15, 0.2) is 0 Å². The topological polar surface area (TPSA) is 43.9 Å². The third kappa shape index (κ3) is 5.62. The van der Waals surface area contributed by atoms with E-state index in [0.29, 0.717) is 0 Å². The van der Waals surface area contributed by atoms with Gasteiger partial charge in [0.05, 0.1) is 28.0 Å². The van der Waals surface area contributed by atoms with Crippen LogP contribution in [0, 0.1) is 6.92 Å². The zero-order valence-electron chi connectivity index (χ0n) is 30.8. The van der Waals surface area contributed by atoms with Gasteiger partial charge in [-0.25, -0.2) is 4.98 Å². The Morgan fingerprint density at radius 3 is 1.77 bits per heavy atom. The summed E-state index contributed by atoms with van der Waals surface area (Å²) < 4.78 is 9.25. The maximum Gasteiger partial charge on any atom is 0.149 e. The van der Waals surface area contributed by atoms with Crippen LogP contribution in [0.15, 0.2) is 150 Å². The fraction of sp³-hybridized carbons (Fsp3) is 0.143. The minimum Gasteiger partial charge on any atom is -0.455 e. The lowest BCUT2D eigenvalue weighted by molar-refractivity contribution is 0.669. The molecule has 0 saturated carbocycles. The molecule has 0 amide bonds. The van der Waals surface area contributed by atoms with Gasteiger partial charge in [-0.05, 0) is 99.7 Å². The van der Waals surface area contributed by atoms with Crippen LogP contribution in [0.25, 0.3) is 83.4 Å². The van der Waals surface area contributed by atoms with Crippen LogP contribution in [0.3, 0.4) is 0 Å². The Labute approximate surface area is 310 Å². The number of rotatable bonds is 7. The molecule has 0 atom stereocenters. The molecule has 6 aromatic carbocycles. The van der Waals surface area contributed by atoms with Crippen molar-refractivity contribution in [3.05, 3.63) is 163 Å². The maximum absolute atomic E-state index is 6.87. The molecule has 0 radical (unpaired) electrons. The van der Waals surface area contributed by atoms with E-state index in [1.807, 2.05) is 12.3 Å². The second kappa shape index (κ2) is 13.1. The van der Waals surface area contributed by atoms with Gasteiger partial charge in [-0.1, -0.05) is 131 Å². The Morgan fingerprint density at radius 2 is 1.13 bits per heavy atom. The van der Waals surface area contributed by atoms with Crippen molar-refractivity contribution in [2.24, 2.45) is 0 Å². The zero-order chi connectivity index (χ0) is 36.2. The molecule has 9 aromatic rings. The predicted octanol–water partition coefficient (Wildman–Crippen LogP) is 13.5. The highest BCUT2D eigenvalue weighted by molar-refractivity contribution is 6.10. The minimum absolute atomic E-state index is 0.260. The number of hydrogen-bond acceptors (Lipinski definition) is 3. The Bertz CT molecular complexity index is 2740. The highest BCUT2D eigenvalue weighted by Crippen LogP contribution is 2.43. The summed E-state index contributed by atoms with van der Waals surface area (Å²) in [6.45, 7) is 11.2. The lowest BCUT2D eigenvalue weighted by atomic mass is 9.88. The van der Waals surface area contributed by atoms with Gasteiger partial charge in [0.1, 0.15) is 17.0 Å². The highest BCUT2D eigenvalue weighted by Gasteiger charge is 2.26. The molecule has 0 fully saturated rings. The van der Waals surface area contributed by atoms with Crippen LogP contribution in [0.5, 0.6) is 0 Å². The first-order valence-corrected chi connectivity index (χ1v) is 18.5. The standard InChI is InChI=1S/C49H41N3O/c1-30(2)42-27-38(34-15-10-7-11-16-34)28-43(31(3)4)47(42)52-46-32(5)50-26-25-44(46)51-49(52)41-18-12-17-40-39-24-23-37(29-45(39)53-48(40)41)36-21-19-35(20-22-36)33-13-8-6-9-14-33/h6-31H,1-5H3. The number of fused-ring (bicyclic) bond motifs is 4. The molecule has 0 bridgehead atoms. The summed E-state index contributed by atoms with van der Waals surface area (Å²) in [6.07, 6.45) is 1.86. The largest absolute Gasteiger partial charge is 0.455 e. The molecule has 3 aromatic heterocycles. The van der Waals surface area contributed by atoms with Crippen LogP contribution in [0.4, 0.5) is 0 Å². The molecule has 53 heavy (non-hydrogen) atoms.